The third kappa shape index (κ3) is 4.42. The maximum absolute atomic E-state index is 12.8. The van der Waals surface area contributed by atoms with E-state index in [2.05, 4.69) is 22.3 Å². The van der Waals surface area contributed by atoms with E-state index in [1.807, 2.05) is 35.2 Å². The highest BCUT2D eigenvalue weighted by Crippen LogP contribution is 2.23. The molecule has 1 fully saturated rings. The molecule has 3 aromatic rings. The summed E-state index contributed by atoms with van der Waals surface area (Å²) in [6, 6.07) is 17.9. The Kier molecular flexibility index (Phi) is 5.72. The summed E-state index contributed by atoms with van der Waals surface area (Å²) in [4.78, 5) is 19.2. The predicted molar refractivity (Wildman–Crippen MR) is 108 cm³/mol. The molecule has 0 bridgehead atoms. The van der Waals surface area contributed by atoms with Crippen LogP contribution in [0, 0.1) is 0 Å². The van der Waals surface area contributed by atoms with Crippen molar-refractivity contribution in [3.8, 4) is 11.4 Å². The summed E-state index contributed by atoms with van der Waals surface area (Å²) in [6.45, 7) is 0.830. The molecule has 144 valence electrons. The average molecular weight is 396 g/mol. The van der Waals surface area contributed by atoms with Gasteiger partial charge in [0, 0.05) is 36.0 Å². The van der Waals surface area contributed by atoms with Crippen LogP contribution in [0.5, 0.6) is 0 Å². The zero-order chi connectivity index (χ0) is 19.3. The number of halogens is 1. The molecule has 4 rings (SSSR count). The summed E-state index contributed by atoms with van der Waals surface area (Å²) in [5, 5.41) is 4.67. The minimum Gasteiger partial charge on any atom is -0.339 e. The van der Waals surface area contributed by atoms with E-state index in [0.717, 1.165) is 31.4 Å². The van der Waals surface area contributed by atoms with E-state index in [1.165, 1.54) is 5.56 Å². The van der Waals surface area contributed by atoms with Crippen LogP contribution in [-0.4, -0.2) is 33.5 Å². The highest BCUT2D eigenvalue weighted by Gasteiger charge is 2.28. The molecule has 2 aromatic carbocycles. The first kappa shape index (κ1) is 18.7. The minimum absolute atomic E-state index is 0.157. The highest BCUT2D eigenvalue weighted by atomic mass is 35.5. The van der Waals surface area contributed by atoms with Crippen molar-refractivity contribution in [2.24, 2.45) is 0 Å². The normalized spacial score (nSPS) is 16.5. The lowest BCUT2D eigenvalue weighted by atomic mass is 10.0. The molecule has 0 spiro atoms. The fourth-order valence-corrected chi connectivity index (χ4v) is 3.82. The van der Waals surface area contributed by atoms with Crippen LogP contribution < -0.4 is 0 Å². The summed E-state index contributed by atoms with van der Waals surface area (Å²) in [5.41, 5.74) is 2.12. The molecule has 5 nitrogen and oxygen atoms in total. The lowest BCUT2D eigenvalue weighted by molar-refractivity contribution is -0.132. The van der Waals surface area contributed by atoms with Crippen LogP contribution in [0.1, 0.15) is 30.7 Å². The number of hydrogen-bond donors (Lipinski definition) is 0. The van der Waals surface area contributed by atoms with Crippen molar-refractivity contribution in [2.45, 2.75) is 38.1 Å². The number of aromatic nitrogens is 2. The second-order valence-corrected chi connectivity index (χ2v) is 7.53. The Morgan fingerprint density at radius 2 is 1.93 bits per heavy atom. The van der Waals surface area contributed by atoms with E-state index >= 15 is 0 Å². The number of likely N-dealkylation sites (tertiary alicyclic amines) is 1. The number of carbonyl (C=O) groups is 1. The van der Waals surface area contributed by atoms with Gasteiger partial charge in [0.15, 0.2) is 0 Å². The average Bonchev–Trinajstić information content (AvgIpc) is 3.37. The van der Waals surface area contributed by atoms with E-state index in [9.17, 15) is 4.79 Å². The predicted octanol–water partition coefficient (Wildman–Crippen LogP) is 4.56. The van der Waals surface area contributed by atoms with Crippen molar-refractivity contribution in [1.82, 2.24) is 15.0 Å². The molecule has 0 aliphatic carbocycles. The van der Waals surface area contributed by atoms with Crippen LogP contribution in [0.2, 0.25) is 5.02 Å². The highest BCUT2D eigenvalue weighted by molar-refractivity contribution is 6.30. The van der Waals surface area contributed by atoms with E-state index < -0.39 is 0 Å². The van der Waals surface area contributed by atoms with Gasteiger partial charge in [0.05, 0.1) is 0 Å². The molecular formula is C22H22ClN3O2. The number of amides is 1. The number of nitrogens with zero attached hydrogens (tertiary/aromatic N) is 3. The van der Waals surface area contributed by atoms with Gasteiger partial charge in [-0.25, -0.2) is 0 Å². The van der Waals surface area contributed by atoms with Crippen molar-refractivity contribution in [1.29, 1.82) is 0 Å². The fraction of sp³-hybridized carbons (Fsp3) is 0.318. The largest absolute Gasteiger partial charge is 0.339 e. The van der Waals surface area contributed by atoms with Gasteiger partial charge in [-0.3, -0.25) is 4.79 Å². The smallest absolute Gasteiger partial charge is 0.227 e. The maximum Gasteiger partial charge on any atom is 0.227 e. The van der Waals surface area contributed by atoms with E-state index in [0.29, 0.717) is 29.6 Å². The third-order valence-corrected chi connectivity index (χ3v) is 5.39. The summed E-state index contributed by atoms with van der Waals surface area (Å²) in [6.07, 6.45) is 3.86. The van der Waals surface area contributed by atoms with Crippen molar-refractivity contribution in [3.05, 3.63) is 71.1 Å². The van der Waals surface area contributed by atoms with Crippen LogP contribution in [-0.2, 0) is 17.6 Å². The molecule has 1 aromatic heterocycles. The first-order valence-electron chi connectivity index (χ1n) is 9.61. The van der Waals surface area contributed by atoms with E-state index in [4.69, 9.17) is 16.1 Å². The number of benzene rings is 2. The topological polar surface area (TPSA) is 59.2 Å². The lowest BCUT2D eigenvalue weighted by Crippen LogP contribution is -2.36. The quantitative estimate of drug-likeness (QED) is 0.614. The first-order chi connectivity index (χ1) is 13.7. The lowest BCUT2D eigenvalue weighted by Gasteiger charge is -2.24. The van der Waals surface area contributed by atoms with Gasteiger partial charge in [-0.15, -0.1) is 0 Å². The summed E-state index contributed by atoms with van der Waals surface area (Å²) >= 11 is 5.91. The Labute approximate surface area is 169 Å². The molecule has 1 aliphatic rings. The molecule has 1 unspecified atom stereocenters. The molecule has 1 atom stereocenters. The van der Waals surface area contributed by atoms with E-state index in [1.54, 1.807) is 12.1 Å². The van der Waals surface area contributed by atoms with Gasteiger partial charge < -0.3 is 9.42 Å². The van der Waals surface area contributed by atoms with Gasteiger partial charge in [0.2, 0.25) is 17.6 Å². The van der Waals surface area contributed by atoms with Gasteiger partial charge in [-0.05, 0) is 49.1 Å². The SMILES string of the molecule is O=C(CCc1nc(-c2ccc(Cl)cc2)no1)N1CCCC1Cc1ccccc1. The summed E-state index contributed by atoms with van der Waals surface area (Å²) < 4.78 is 5.32. The zero-order valence-electron chi connectivity index (χ0n) is 15.6. The molecule has 0 saturated carbocycles. The molecule has 1 amide bonds. The molecule has 2 heterocycles. The Bertz CT molecular complexity index is 924. The zero-order valence-corrected chi connectivity index (χ0v) is 16.3. The van der Waals surface area contributed by atoms with Crippen LogP contribution >= 0.6 is 11.6 Å². The Morgan fingerprint density at radius 3 is 2.71 bits per heavy atom. The molecule has 0 radical (unpaired) electrons. The number of aryl methyl sites for hydroxylation is 1. The molecule has 6 heteroatoms. The van der Waals surface area contributed by atoms with Gasteiger partial charge in [0.1, 0.15) is 0 Å². The number of hydrogen-bond acceptors (Lipinski definition) is 4. The Balaban J connectivity index is 1.34. The van der Waals surface area contributed by atoms with Gasteiger partial charge in [-0.2, -0.15) is 4.98 Å². The van der Waals surface area contributed by atoms with Crippen molar-refractivity contribution < 1.29 is 9.32 Å². The van der Waals surface area contributed by atoms with Crippen LogP contribution in [0.4, 0.5) is 0 Å². The first-order valence-corrected chi connectivity index (χ1v) is 9.99. The Morgan fingerprint density at radius 1 is 1.14 bits per heavy atom. The minimum atomic E-state index is 0.157. The maximum atomic E-state index is 12.8. The summed E-state index contributed by atoms with van der Waals surface area (Å²) in [7, 11) is 0. The molecular weight excluding hydrogens is 374 g/mol. The van der Waals surface area contributed by atoms with E-state index in [-0.39, 0.29) is 11.9 Å². The second-order valence-electron chi connectivity index (χ2n) is 7.09. The second kappa shape index (κ2) is 8.57. The molecule has 1 aliphatic heterocycles. The fourth-order valence-electron chi connectivity index (χ4n) is 3.69. The Hall–Kier alpha value is -2.66. The number of rotatable bonds is 6. The van der Waals surface area contributed by atoms with Gasteiger partial charge in [-0.1, -0.05) is 47.1 Å². The van der Waals surface area contributed by atoms with Crippen LogP contribution in [0.15, 0.2) is 59.1 Å². The van der Waals surface area contributed by atoms with Crippen LogP contribution in [0.25, 0.3) is 11.4 Å². The van der Waals surface area contributed by atoms with Crippen LogP contribution in [0.3, 0.4) is 0 Å². The molecule has 1 saturated heterocycles. The van der Waals surface area contributed by atoms with Crippen molar-refractivity contribution in [2.75, 3.05) is 6.54 Å². The van der Waals surface area contributed by atoms with Gasteiger partial charge >= 0.3 is 0 Å². The van der Waals surface area contributed by atoms with Crippen molar-refractivity contribution >= 4 is 17.5 Å². The molecule has 28 heavy (non-hydrogen) atoms. The standard InChI is InChI=1S/C22H22ClN3O2/c23-18-10-8-17(9-11-18)22-24-20(28-25-22)12-13-21(27)26-14-4-7-19(26)15-16-5-2-1-3-6-16/h1-3,5-6,8-11,19H,4,7,12-15H2. The number of carbonyl (C=O) groups excluding carboxylic acids is 1. The van der Waals surface area contributed by atoms with Crippen molar-refractivity contribution in [3.63, 3.8) is 0 Å². The monoisotopic (exact) mass is 395 g/mol. The molecule has 0 N–H and O–H groups in total. The summed E-state index contributed by atoms with van der Waals surface area (Å²) in [5.74, 6) is 1.16. The van der Waals surface area contributed by atoms with Gasteiger partial charge in [0.25, 0.3) is 0 Å². The third-order valence-electron chi connectivity index (χ3n) is 5.13.